The molecule has 1 nitrogen and oxygen atoms in total. The number of fused-ring (bicyclic) bond motifs is 1. The molecule has 3 rings (SSSR count). The van der Waals surface area contributed by atoms with Crippen LogP contribution >= 0.6 is 27.3 Å². The average molecular weight is 333 g/mol. The van der Waals surface area contributed by atoms with Crippen molar-refractivity contribution in [1.29, 1.82) is 0 Å². The van der Waals surface area contributed by atoms with E-state index >= 15 is 0 Å². The first-order chi connectivity index (χ1) is 9.22. The molecule has 0 fully saturated rings. The Morgan fingerprint density at radius 1 is 1.05 bits per heavy atom. The summed E-state index contributed by atoms with van der Waals surface area (Å²) in [6.07, 6.45) is 0.230. The molecule has 1 N–H and O–H groups in total. The van der Waals surface area contributed by atoms with Gasteiger partial charge in [-0.25, -0.2) is 0 Å². The van der Waals surface area contributed by atoms with Gasteiger partial charge >= 0.3 is 0 Å². The minimum Gasteiger partial charge on any atom is -0.388 e. The standard InChI is InChI=1S/C16H13BrOS/c17-15-4-3-12-8-14(2-1-13(12)9-15)16(18)7-11-5-6-19-10-11/h1-6,8-10,16,18H,7H2. The van der Waals surface area contributed by atoms with E-state index in [4.69, 9.17) is 0 Å². The highest BCUT2D eigenvalue weighted by Gasteiger charge is 2.09. The van der Waals surface area contributed by atoms with Gasteiger partial charge in [0.05, 0.1) is 6.10 Å². The summed E-state index contributed by atoms with van der Waals surface area (Å²) < 4.78 is 1.08. The fourth-order valence-corrected chi connectivity index (χ4v) is 3.25. The minimum absolute atomic E-state index is 0.442. The predicted molar refractivity (Wildman–Crippen MR) is 84.6 cm³/mol. The van der Waals surface area contributed by atoms with Crippen molar-refractivity contribution < 1.29 is 5.11 Å². The summed E-state index contributed by atoms with van der Waals surface area (Å²) in [6.45, 7) is 0. The molecule has 3 aromatic rings. The number of benzene rings is 2. The summed E-state index contributed by atoms with van der Waals surface area (Å²) >= 11 is 5.14. The molecule has 0 aliphatic heterocycles. The summed E-state index contributed by atoms with van der Waals surface area (Å²) in [5.41, 5.74) is 2.16. The highest BCUT2D eigenvalue weighted by Crippen LogP contribution is 2.25. The van der Waals surface area contributed by atoms with Gasteiger partial charge in [0.1, 0.15) is 0 Å². The third-order valence-electron chi connectivity index (χ3n) is 3.22. The molecule has 0 aliphatic rings. The van der Waals surface area contributed by atoms with Crippen molar-refractivity contribution in [3.05, 3.63) is 68.8 Å². The molecule has 0 aliphatic carbocycles. The highest BCUT2D eigenvalue weighted by molar-refractivity contribution is 9.10. The molecule has 96 valence electrons. The lowest BCUT2D eigenvalue weighted by Crippen LogP contribution is -2.00. The fourth-order valence-electron chi connectivity index (χ4n) is 2.19. The van der Waals surface area contributed by atoms with Crippen LogP contribution in [0.5, 0.6) is 0 Å². The molecule has 3 heteroatoms. The van der Waals surface area contributed by atoms with Gasteiger partial charge in [0.15, 0.2) is 0 Å². The van der Waals surface area contributed by atoms with Gasteiger partial charge in [0.2, 0.25) is 0 Å². The van der Waals surface area contributed by atoms with Gasteiger partial charge in [-0.05, 0) is 56.9 Å². The minimum atomic E-state index is -0.442. The quantitative estimate of drug-likeness (QED) is 0.720. The number of aliphatic hydroxyl groups excluding tert-OH is 1. The average Bonchev–Trinajstić information content (AvgIpc) is 2.91. The Morgan fingerprint density at radius 2 is 1.84 bits per heavy atom. The SMILES string of the molecule is OC(Cc1ccsc1)c1ccc2cc(Br)ccc2c1. The van der Waals surface area contributed by atoms with Gasteiger partial charge in [0.25, 0.3) is 0 Å². The highest BCUT2D eigenvalue weighted by atomic mass is 79.9. The van der Waals surface area contributed by atoms with Crippen LogP contribution in [0.3, 0.4) is 0 Å². The first kappa shape index (κ1) is 12.9. The zero-order valence-electron chi connectivity index (χ0n) is 10.2. The molecule has 0 amide bonds. The van der Waals surface area contributed by atoms with Crippen LogP contribution in [-0.2, 0) is 6.42 Å². The summed E-state index contributed by atoms with van der Waals surface area (Å²) in [5, 5.41) is 16.8. The van der Waals surface area contributed by atoms with Crippen molar-refractivity contribution in [2.75, 3.05) is 0 Å². The zero-order valence-corrected chi connectivity index (χ0v) is 12.6. The molecule has 1 heterocycles. The van der Waals surface area contributed by atoms with Crippen molar-refractivity contribution in [2.24, 2.45) is 0 Å². The van der Waals surface area contributed by atoms with Gasteiger partial charge in [0, 0.05) is 10.9 Å². The van der Waals surface area contributed by atoms with Gasteiger partial charge in [-0.2, -0.15) is 11.3 Å². The van der Waals surface area contributed by atoms with Gasteiger partial charge in [-0.1, -0.05) is 34.1 Å². The number of thiophene rings is 1. The van der Waals surface area contributed by atoms with Crippen molar-refractivity contribution in [3.63, 3.8) is 0 Å². The molecular weight excluding hydrogens is 320 g/mol. The number of aliphatic hydroxyl groups is 1. The van der Waals surface area contributed by atoms with Crippen molar-refractivity contribution in [2.45, 2.75) is 12.5 Å². The lowest BCUT2D eigenvalue weighted by atomic mass is 10.00. The molecule has 1 atom stereocenters. The van der Waals surface area contributed by atoms with Crippen LogP contribution in [0.25, 0.3) is 10.8 Å². The molecule has 0 saturated carbocycles. The second kappa shape index (κ2) is 5.45. The van der Waals surface area contributed by atoms with Crippen LogP contribution < -0.4 is 0 Å². The molecule has 2 aromatic carbocycles. The second-order valence-corrected chi connectivity index (χ2v) is 6.30. The first-order valence-electron chi connectivity index (χ1n) is 6.11. The third-order valence-corrected chi connectivity index (χ3v) is 4.45. The Balaban J connectivity index is 1.90. The first-order valence-corrected chi connectivity index (χ1v) is 7.84. The normalized spacial score (nSPS) is 12.7. The predicted octanol–water partition coefficient (Wildman–Crippen LogP) is 4.94. The monoisotopic (exact) mass is 332 g/mol. The van der Waals surface area contributed by atoms with Crippen LogP contribution in [0.2, 0.25) is 0 Å². The van der Waals surface area contributed by atoms with E-state index in [1.807, 2.05) is 17.5 Å². The van der Waals surface area contributed by atoms with E-state index in [9.17, 15) is 5.11 Å². The summed E-state index contributed by atoms with van der Waals surface area (Å²) in [7, 11) is 0. The van der Waals surface area contributed by atoms with Crippen molar-refractivity contribution in [3.8, 4) is 0 Å². The van der Waals surface area contributed by atoms with Gasteiger partial charge < -0.3 is 5.11 Å². The Kier molecular flexibility index (Phi) is 3.69. The van der Waals surface area contributed by atoms with Crippen LogP contribution in [0.15, 0.2) is 57.7 Å². The maximum Gasteiger partial charge on any atom is 0.0830 e. The van der Waals surface area contributed by atoms with E-state index in [0.717, 1.165) is 15.4 Å². The lowest BCUT2D eigenvalue weighted by Gasteiger charge is -2.11. The number of hydrogen-bond donors (Lipinski definition) is 1. The Bertz CT molecular complexity index is 691. The number of rotatable bonds is 3. The van der Waals surface area contributed by atoms with Crippen molar-refractivity contribution in [1.82, 2.24) is 0 Å². The lowest BCUT2D eigenvalue weighted by molar-refractivity contribution is 0.179. The Hall–Kier alpha value is -1.16. The van der Waals surface area contributed by atoms with E-state index in [-0.39, 0.29) is 0 Å². The smallest absolute Gasteiger partial charge is 0.0830 e. The fraction of sp³-hybridized carbons (Fsp3) is 0.125. The van der Waals surface area contributed by atoms with Crippen molar-refractivity contribution >= 4 is 38.0 Å². The maximum atomic E-state index is 10.3. The number of hydrogen-bond acceptors (Lipinski definition) is 2. The summed E-state index contributed by atoms with van der Waals surface area (Å²) in [5.74, 6) is 0. The molecule has 1 unspecified atom stereocenters. The molecule has 0 spiro atoms. The van der Waals surface area contributed by atoms with E-state index < -0.39 is 6.10 Å². The van der Waals surface area contributed by atoms with Crippen LogP contribution in [-0.4, -0.2) is 5.11 Å². The topological polar surface area (TPSA) is 20.2 Å². The molecule has 19 heavy (non-hydrogen) atoms. The zero-order chi connectivity index (χ0) is 13.2. The second-order valence-electron chi connectivity index (χ2n) is 4.60. The van der Waals surface area contributed by atoms with E-state index in [0.29, 0.717) is 6.42 Å². The Labute approximate surface area is 124 Å². The molecule has 0 saturated heterocycles. The maximum absolute atomic E-state index is 10.3. The summed E-state index contributed by atoms with van der Waals surface area (Å²) in [6, 6.07) is 14.4. The van der Waals surface area contributed by atoms with Crippen LogP contribution in [0.4, 0.5) is 0 Å². The van der Waals surface area contributed by atoms with Crippen LogP contribution in [0, 0.1) is 0 Å². The van der Waals surface area contributed by atoms with E-state index in [1.54, 1.807) is 11.3 Å². The van der Waals surface area contributed by atoms with Gasteiger partial charge in [-0.15, -0.1) is 0 Å². The van der Waals surface area contributed by atoms with Crippen LogP contribution in [0.1, 0.15) is 17.2 Å². The number of halogens is 1. The Morgan fingerprint density at radius 3 is 2.63 bits per heavy atom. The third kappa shape index (κ3) is 2.89. The molecule has 0 radical (unpaired) electrons. The van der Waals surface area contributed by atoms with Gasteiger partial charge in [-0.3, -0.25) is 0 Å². The van der Waals surface area contributed by atoms with E-state index in [1.165, 1.54) is 10.9 Å². The molecule has 1 aromatic heterocycles. The summed E-state index contributed by atoms with van der Waals surface area (Å²) in [4.78, 5) is 0. The largest absolute Gasteiger partial charge is 0.388 e. The van der Waals surface area contributed by atoms with E-state index in [2.05, 4.69) is 51.6 Å². The molecular formula is C16H13BrOS. The molecule has 0 bridgehead atoms.